The van der Waals surface area contributed by atoms with Crippen LogP contribution in [0.25, 0.3) is 0 Å². The summed E-state index contributed by atoms with van der Waals surface area (Å²) in [7, 11) is 1.67. The molecule has 0 saturated carbocycles. The Morgan fingerprint density at radius 2 is 2.18 bits per heavy atom. The monoisotopic (exact) mass is 235 g/mol. The second-order valence-corrected chi connectivity index (χ2v) is 3.63. The third-order valence-electron chi connectivity index (χ3n) is 2.40. The fourth-order valence-electron chi connectivity index (χ4n) is 1.46. The van der Waals surface area contributed by atoms with Crippen LogP contribution < -0.4 is 14.8 Å². The Morgan fingerprint density at radius 3 is 2.82 bits per heavy atom. The summed E-state index contributed by atoms with van der Waals surface area (Å²) in [6.45, 7) is 6.39. The van der Waals surface area contributed by atoms with E-state index < -0.39 is 0 Å². The molecule has 1 aromatic rings. The molecule has 3 nitrogen and oxygen atoms in total. The van der Waals surface area contributed by atoms with E-state index in [0.717, 1.165) is 30.2 Å². The van der Waals surface area contributed by atoms with Crippen molar-refractivity contribution >= 4 is 0 Å². The van der Waals surface area contributed by atoms with Crippen LogP contribution in [0, 0.1) is 0 Å². The molecule has 17 heavy (non-hydrogen) atoms. The lowest BCUT2D eigenvalue weighted by molar-refractivity contribution is 0.355. The summed E-state index contributed by atoms with van der Waals surface area (Å²) in [6, 6.07) is 5.88. The Morgan fingerprint density at radius 1 is 1.35 bits per heavy atom. The van der Waals surface area contributed by atoms with Gasteiger partial charge in [0.2, 0.25) is 0 Å². The van der Waals surface area contributed by atoms with Gasteiger partial charge in [-0.3, -0.25) is 0 Å². The molecule has 0 aliphatic rings. The molecule has 0 aliphatic carbocycles. The lowest BCUT2D eigenvalue weighted by Crippen LogP contribution is -2.13. The van der Waals surface area contributed by atoms with E-state index in [-0.39, 0.29) is 0 Å². The van der Waals surface area contributed by atoms with Crippen molar-refractivity contribution in [3.05, 3.63) is 35.9 Å². The van der Waals surface area contributed by atoms with E-state index in [0.29, 0.717) is 6.61 Å². The van der Waals surface area contributed by atoms with Crippen molar-refractivity contribution in [2.75, 3.05) is 20.3 Å². The maximum Gasteiger partial charge on any atom is 0.124 e. The minimum Gasteiger partial charge on any atom is -0.497 e. The van der Waals surface area contributed by atoms with Gasteiger partial charge in [0.1, 0.15) is 18.1 Å². The van der Waals surface area contributed by atoms with Gasteiger partial charge in [0.15, 0.2) is 0 Å². The van der Waals surface area contributed by atoms with Gasteiger partial charge >= 0.3 is 0 Å². The average molecular weight is 235 g/mol. The number of methoxy groups -OCH3 is 1. The standard InChI is InChI=1S/C14H21NO2/c1-4-6-9-17-14-8-7-13(16-3)10-12(14)11-15-5-2/h4,6-8,10,15H,5,9,11H2,1-3H3/b6-4+. The molecule has 0 aliphatic heterocycles. The van der Waals surface area contributed by atoms with Gasteiger partial charge in [0.25, 0.3) is 0 Å². The Balaban J connectivity index is 2.77. The first-order valence-electron chi connectivity index (χ1n) is 5.93. The van der Waals surface area contributed by atoms with Gasteiger partial charge in [-0.05, 0) is 31.7 Å². The van der Waals surface area contributed by atoms with Gasteiger partial charge in [-0.1, -0.05) is 19.1 Å². The van der Waals surface area contributed by atoms with Crippen molar-refractivity contribution in [3.8, 4) is 11.5 Å². The SMILES string of the molecule is C/C=C/COc1ccc(OC)cc1CNCC. The summed E-state index contributed by atoms with van der Waals surface area (Å²) in [6.07, 6.45) is 3.97. The topological polar surface area (TPSA) is 30.5 Å². The van der Waals surface area contributed by atoms with Crippen molar-refractivity contribution in [1.82, 2.24) is 5.32 Å². The van der Waals surface area contributed by atoms with Gasteiger partial charge in [-0.25, -0.2) is 0 Å². The van der Waals surface area contributed by atoms with Crippen LogP contribution in [0.5, 0.6) is 11.5 Å². The highest BCUT2D eigenvalue weighted by molar-refractivity contribution is 5.40. The molecule has 0 spiro atoms. The van der Waals surface area contributed by atoms with Crippen LogP contribution in [0.4, 0.5) is 0 Å². The van der Waals surface area contributed by atoms with Crippen LogP contribution in [-0.2, 0) is 6.54 Å². The first-order chi connectivity index (χ1) is 8.31. The van der Waals surface area contributed by atoms with Crippen LogP contribution in [0.2, 0.25) is 0 Å². The molecular weight excluding hydrogens is 214 g/mol. The number of hydrogen-bond acceptors (Lipinski definition) is 3. The average Bonchev–Trinajstić information content (AvgIpc) is 2.37. The fourth-order valence-corrected chi connectivity index (χ4v) is 1.46. The zero-order valence-electron chi connectivity index (χ0n) is 10.8. The van der Waals surface area contributed by atoms with Crippen LogP contribution in [0.15, 0.2) is 30.4 Å². The summed E-state index contributed by atoms with van der Waals surface area (Å²) in [5.74, 6) is 1.76. The smallest absolute Gasteiger partial charge is 0.124 e. The van der Waals surface area contributed by atoms with Crippen molar-refractivity contribution in [3.63, 3.8) is 0 Å². The highest BCUT2D eigenvalue weighted by Crippen LogP contribution is 2.24. The highest BCUT2D eigenvalue weighted by Gasteiger charge is 2.04. The molecule has 0 saturated heterocycles. The quantitative estimate of drug-likeness (QED) is 0.737. The van der Waals surface area contributed by atoms with Crippen LogP contribution in [-0.4, -0.2) is 20.3 Å². The number of rotatable bonds is 7. The van der Waals surface area contributed by atoms with Gasteiger partial charge in [0, 0.05) is 12.1 Å². The normalized spacial score (nSPS) is 10.8. The van der Waals surface area contributed by atoms with E-state index in [1.165, 1.54) is 0 Å². The van der Waals surface area contributed by atoms with E-state index in [9.17, 15) is 0 Å². The molecule has 0 aromatic heterocycles. The minimum atomic E-state index is 0.599. The molecule has 94 valence electrons. The minimum absolute atomic E-state index is 0.599. The van der Waals surface area contributed by atoms with E-state index >= 15 is 0 Å². The summed E-state index contributed by atoms with van der Waals surface area (Å²) in [4.78, 5) is 0. The van der Waals surface area contributed by atoms with Crippen LogP contribution >= 0.6 is 0 Å². The molecule has 1 N–H and O–H groups in total. The number of ether oxygens (including phenoxy) is 2. The third-order valence-corrected chi connectivity index (χ3v) is 2.40. The molecule has 3 heteroatoms. The van der Waals surface area contributed by atoms with Gasteiger partial charge in [0.05, 0.1) is 7.11 Å². The third kappa shape index (κ3) is 4.49. The summed E-state index contributed by atoms with van der Waals surface area (Å²) < 4.78 is 10.9. The van der Waals surface area contributed by atoms with E-state index in [1.807, 2.05) is 37.3 Å². The van der Waals surface area contributed by atoms with E-state index in [1.54, 1.807) is 7.11 Å². The number of nitrogens with one attached hydrogen (secondary N) is 1. The lowest BCUT2D eigenvalue weighted by atomic mass is 10.2. The zero-order chi connectivity index (χ0) is 12.5. The second kappa shape index (κ2) is 7.74. The van der Waals surface area contributed by atoms with Gasteiger partial charge in [-0.2, -0.15) is 0 Å². The van der Waals surface area contributed by atoms with Gasteiger partial charge < -0.3 is 14.8 Å². The molecule has 1 aromatic carbocycles. The Labute approximate surface area is 103 Å². The summed E-state index contributed by atoms with van der Waals surface area (Å²) >= 11 is 0. The number of allylic oxidation sites excluding steroid dienone is 1. The molecule has 0 radical (unpaired) electrons. The molecule has 1 rings (SSSR count). The first kappa shape index (κ1) is 13.6. The Bertz CT molecular complexity index is 361. The van der Waals surface area contributed by atoms with Crippen molar-refractivity contribution in [2.45, 2.75) is 20.4 Å². The van der Waals surface area contributed by atoms with Crippen LogP contribution in [0.1, 0.15) is 19.4 Å². The molecule has 0 atom stereocenters. The maximum absolute atomic E-state index is 5.69. The van der Waals surface area contributed by atoms with Crippen LogP contribution in [0.3, 0.4) is 0 Å². The molecule has 0 heterocycles. The van der Waals surface area contributed by atoms with Gasteiger partial charge in [-0.15, -0.1) is 0 Å². The zero-order valence-corrected chi connectivity index (χ0v) is 10.8. The molecule has 0 amide bonds. The second-order valence-electron chi connectivity index (χ2n) is 3.63. The Hall–Kier alpha value is -1.48. The van der Waals surface area contributed by atoms with Crippen molar-refractivity contribution in [1.29, 1.82) is 0 Å². The summed E-state index contributed by atoms with van der Waals surface area (Å²) in [5.41, 5.74) is 1.12. The fraction of sp³-hybridized carbons (Fsp3) is 0.429. The van der Waals surface area contributed by atoms with E-state index in [2.05, 4.69) is 12.2 Å². The molecule has 0 bridgehead atoms. The van der Waals surface area contributed by atoms with Crippen molar-refractivity contribution < 1.29 is 9.47 Å². The maximum atomic E-state index is 5.69. The molecule has 0 fully saturated rings. The predicted molar refractivity (Wildman–Crippen MR) is 70.7 cm³/mol. The lowest BCUT2D eigenvalue weighted by Gasteiger charge is -2.12. The Kier molecular flexibility index (Phi) is 6.18. The van der Waals surface area contributed by atoms with E-state index in [4.69, 9.17) is 9.47 Å². The number of hydrogen-bond donors (Lipinski definition) is 1. The first-order valence-corrected chi connectivity index (χ1v) is 5.93. The predicted octanol–water partition coefficient (Wildman–Crippen LogP) is 2.76. The highest BCUT2D eigenvalue weighted by atomic mass is 16.5. The molecule has 0 unspecified atom stereocenters. The summed E-state index contributed by atoms with van der Waals surface area (Å²) in [5, 5.41) is 3.29. The number of benzene rings is 1. The largest absolute Gasteiger partial charge is 0.497 e. The van der Waals surface area contributed by atoms with Crippen molar-refractivity contribution in [2.24, 2.45) is 0 Å². The molecular formula is C14H21NO2.